The van der Waals surface area contributed by atoms with Crippen molar-refractivity contribution < 1.29 is 22.8 Å². The number of carbonyl (C=O) groups is 2. The predicted octanol–water partition coefficient (Wildman–Crippen LogP) is 6.26. The van der Waals surface area contributed by atoms with Gasteiger partial charge in [0.1, 0.15) is 10.5 Å². The number of likely N-dealkylation sites (tertiary alicyclic amines) is 2. The summed E-state index contributed by atoms with van der Waals surface area (Å²) in [6.07, 6.45) is 1.83. The molecule has 7 rings (SSSR count). The van der Waals surface area contributed by atoms with Crippen LogP contribution < -0.4 is 4.90 Å². The molecule has 0 unspecified atom stereocenters. The minimum Gasteiger partial charge on any atom is -0.339 e. The van der Waals surface area contributed by atoms with E-state index in [1.165, 1.54) is 28.4 Å². The third-order valence-corrected chi connectivity index (χ3v) is 10.8. The van der Waals surface area contributed by atoms with E-state index in [0.717, 1.165) is 49.2 Å². The fourth-order valence-electron chi connectivity index (χ4n) is 7.62. The number of carbonyl (C=O) groups excluding carboxylic acids is 2. The molecule has 2 aromatic carbocycles. The molecular weight excluding hydrogens is 587 g/mol. The zero-order valence-electron chi connectivity index (χ0n) is 24.4. The molecule has 1 spiro atoms. The summed E-state index contributed by atoms with van der Waals surface area (Å²) in [7, 11) is 0. The first kappa shape index (κ1) is 29.2. The Labute approximate surface area is 258 Å². The van der Waals surface area contributed by atoms with Crippen molar-refractivity contribution in [2.24, 2.45) is 11.3 Å². The van der Waals surface area contributed by atoms with Gasteiger partial charge in [-0.3, -0.25) is 14.5 Å². The normalized spacial score (nSPS) is 22.9. The van der Waals surface area contributed by atoms with Crippen LogP contribution in [0.5, 0.6) is 0 Å². The molecule has 11 heteroatoms. The lowest BCUT2D eigenvalue weighted by atomic mass is 9.73. The maximum absolute atomic E-state index is 14.4. The molecule has 4 aliphatic rings. The van der Waals surface area contributed by atoms with E-state index in [9.17, 15) is 22.8 Å². The fraction of sp³-hybridized carbons (Fsp3) is 0.455. The Morgan fingerprint density at radius 1 is 1.16 bits per heavy atom. The molecule has 3 aromatic rings. The van der Waals surface area contributed by atoms with Crippen LogP contribution in [0.15, 0.2) is 54.6 Å². The number of hydrogen-bond acceptors (Lipinski definition) is 6. The quantitative estimate of drug-likeness (QED) is 0.292. The summed E-state index contributed by atoms with van der Waals surface area (Å²) < 4.78 is 43.3. The smallest absolute Gasteiger partial charge is 0.339 e. The molecule has 44 heavy (non-hydrogen) atoms. The van der Waals surface area contributed by atoms with E-state index >= 15 is 0 Å². The van der Waals surface area contributed by atoms with Gasteiger partial charge >= 0.3 is 6.18 Å². The molecule has 2 amide bonds. The molecule has 0 radical (unpaired) electrons. The number of aromatic nitrogens is 2. The maximum Gasteiger partial charge on any atom is 0.416 e. The molecule has 3 fully saturated rings. The highest BCUT2D eigenvalue weighted by atomic mass is 32.1. The number of alkyl halides is 3. The Kier molecular flexibility index (Phi) is 7.36. The van der Waals surface area contributed by atoms with Gasteiger partial charge in [0.15, 0.2) is 0 Å². The van der Waals surface area contributed by atoms with E-state index in [1.807, 2.05) is 18.2 Å². The van der Waals surface area contributed by atoms with E-state index < -0.39 is 17.6 Å². The summed E-state index contributed by atoms with van der Waals surface area (Å²) in [6.45, 7) is 6.53. The Morgan fingerprint density at radius 3 is 2.68 bits per heavy atom. The molecule has 2 atom stereocenters. The average Bonchev–Trinajstić information content (AvgIpc) is 3.79. The first-order valence-corrected chi connectivity index (χ1v) is 16.1. The van der Waals surface area contributed by atoms with Crippen molar-refractivity contribution in [1.29, 1.82) is 0 Å². The van der Waals surface area contributed by atoms with Crippen molar-refractivity contribution in [3.8, 4) is 0 Å². The first-order chi connectivity index (χ1) is 21.1. The second-order valence-corrected chi connectivity index (χ2v) is 13.6. The largest absolute Gasteiger partial charge is 0.416 e. The molecular formula is C33H34F3N5O2S. The summed E-state index contributed by atoms with van der Waals surface area (Å²) in [5.41, 5.74) is 3.16. The molecule has 1 aliphatic carbocycles. The highest BCUT2D eigenvalue weighted by molar-refractivity contribution is 7.09. The molecule has 1 saturated carbocycles. The van der Waals surface area contributed by atoms with Crippen LogP contribution in [0, 0.1) is 11.3 Å². The summed E-state index contributed by atoms with van der Waals surface area (Å²) in [5.74, 6) is -0.00298. The Bertz CT molecular complexity index is 1610. The molecule has 3 aliphatic heterocycles. The van der Waals surface area contributed by atoms with Gasteiger partial charge in [0.05, 0.1) is 12.1 Å². The van der Waals surface area contributed by atoms with Gasteiger partial charge in [0.25, 0.3) is 5.91 Å². The molecule has 7 nitrogen and oxygen atoms in total. The van der Waals surface area contributed by atoms with Gasteiger partial charge in [-0.1, -0.05) is 25.1 Å². The third-order valence-electron chi connectivity index (χ3n) is 10.1. The van der Waals surface area contributed by atoms with Crippen LogP contribution >= 0.6 is 11.3 Å². The Hall–Kier alpha value is -3.57. The summed E-state index contributed by atoms with van der Waals surface area (Å²) in [4.78, 5) is 31.3. The van der Waals surface area contributed by atoms with Crippen LogP contribution in [0.3, 0.4) is 0 Å². The van der Waals surface area contributed by atoms with E-state index in [0.29, 0.717) is 43.3 Å². The number of nitrogens with zero attached hydrogens (tertiary/aromatic N) is 5. The van der Waals surface area contributed by atoms with Gasteiger partial charge < -0.3 is 9.80 Å². The number of anilines is 1. The molecule has 2 saturated heterocycles. The lowest BCUT2D eigenvalue weighted by molar-refractivity contribution is -0.138. The van der Waals surface area contributed by atoms with Crippen LogP contribution in [0.4, 0.5) is 18.9 Å². The first-order valence-electron chi connectivity index (χ1n) is 15.2. The van der Waals surface area contributed by atoms with Crippen molar-refractivity contribution in [3.05, 3.63) is 87.4 Å². The highest BCUT2D eigenvalue weighted by Crippen LogP contribution is 2.46. The minimum absolute atomic E-state index is 0.0311. The average molecular weight is 622 g/mol. The molecule has 1 aromatic heterocycles. The lowest BCUT2D eigenvalue weighted by Gasteiger charge is -2.33. The number of fused-ring (bicyclic) bond motifs is 1. The Balaban J connectivity index is 1.14. The second kappa shape index (κ2) is 11.1. The third kappa shape index (κ3) is 5.23. The molecule has 0 N–H and O–H groups in total. The highest BCUT2D eigenvalue weighted by Gasteiger charge is 2.45. The van der Waals surface area contributed by atoms with Gasteiger partial charge in [-0.05, 0) is 85.2 Å². The van der Waals surface area contributed by atoms with Crippen molar-refractivity contribution in [1.82, 2.24) is 20.0 Å². The lowest BCUT2D eigenvalue weighted by Crippen LogP contribution is -2.33. The number of amides is 2. The van der Waals surface area contributed by atoms with Crippen LogP contribution in [0.25, 0.3) is 0 Å². The SMILES string of the molecule is C=CC(=O)N1CC[C@]2(CCN(Cc3cc4c(c(C(F)(F)F)c3)CN(c3cccc([C@H](c5nncs5)C5CCC5)c3)C4=O)C2)C1. The van der Waals surface area contributed by atoms with Crippen LogP contribution in [0.1, 0.15) is 75.6 Å². The van der Waals surface area contributed by atoms with Gasteiger partial charge in [0.2, 0.25) is 5.91 Å². The summed E-state index contributed by atoms with van der Waals surface area (Å²) in [5, 5.41) is 9.30. The number of rotatable bonds is 7. The number of benzene rings is 2. The van der Waals surface area contributed by atoms with Crippen LogP contribution in [-0.2, 0) is 24.1 Å². The predicted molar refractivity (Wildman–Crippen MR) is 161 cm³/mol. The fourth-order valence-corrected chi connectivity index (χ4v) is 8.39. The van der Waals surface area contributed by atoms with Gasteiger partial charge in [-0.2, -0.15) is 13.2 Å². The maximum atomic E-state index is 14.4. The topological polar surface area (TPSA) is 69.6 Å². The van der Waals surface area contributed by atoms with Gasteiger partial charge in [0, 0.05) is 48.8 Å². The van der Waals surface area contributed by atoms with Gasteiger partial charge in [-0.15, -0.1) is 21.5 Å². The van der Waals surface area contributed by atoms with E-state index in [2.05, 4.69) is 21.7 Å². The Morgan fingerprint density at radius 2 is 1.98 bits per heavy atom. The van der Waals surface area contributed by atoms with Crippen molar-refractivity contribution in [2.45, 2.75) is 57.3 Å². The van der Waals surface area contributed by atoms with E-state index in [-0.39, 0.29) is 34.9 Å². The molecule has 4 heterocycles. The molecule has 0 bridgehead atoms. The standard InChI is InChI=1S/C33H34F3N5O2S/c1-2-28(42)40-12-10-32(19-40)9-11-39(18-32)16-21-13-25-26(27(14-21)33(34,35)36)17-41(31(25)43)24-8-4-7-23(15-24)29(22-5-3-6-22)30-38-37-20-44-30/h2,4,7-8,13-15,20,22,29H,1,3,5-6,9-12,16-19H2/t29-,32+/m1/s1. The zero-order chi connectivity index (χ0) is 30.6. The molecule has 230 valence electrons. The van der Waals surface area contributed by atoms with E-state index in [1.54, 1.807) is 22.5 Å². The van der Waals surface area contributed by atoms with Crippen LogP contribution in [-0.4, -0.2) is 58.0 Å². The number of halogens is 3. The minimum atomic E-state index is -4.59. The van der Waals surface area contributed by atoms with Crippen molar-refractivity contribution in [3.63, 3.8) is 0 Å². The zero-order valence-corrected chi connectivity index (χ0v) is 25.2. The van der Waals surface area contributed by atoms with Gasteiger partial charge in [-0.25, -0.2) is 0 Å². The number of hydrogen-bond donors (Lipinski definition) is 0. The summed E-state index contributed by atoms with van der Waals surface area (Å²) in [6, 6.07) is 10.5. The van der Waals surface area contributed by atoms with Crippen molar-refractivity contribution in [2.75, 3.05) is 31.1 Å². The summed E-state index contributed by atoms with van der Waals surface area (Å²) >= 11 is 1.51. The van der Waals surface area contributed by atoms with Crippen LogP contribution in [0.2, 0.25) is 0 Å². The monoisotopic (exact) mass is 621 g/mol. The van der Waals surface area contributed by atoms with E-state index in [4.69, 9.17) is 0 Å². The van der Waals surface area contributed by atoms with Crippen molar-refractivity contribution >= 4 is 28.8 Å². The second-order valence-electron chi connectivity index (χ2n) is 12.8.